The molecule has 7 heteroatoms. The van der Waals surface area contributed by atoms with E-state index in [0.29, 0.717) is 0 Å². The number of carbonyl (C=O) groups is 2. The molecule has 0 spiro atoms. The Morgan fingerprint density at radius 2 is 1.77 bits per heavy atom. The van der Waals surface area contributed by atoms with Gasteiger partial charge in [0.15, 0.2) is 0 Å². The van der Waals surface area contributed by atoms with Gasteiger partial charge in [0.1, 0.15) is 13.2 Å². The summed E-state index contributed by atoms with van der Waals surface area (Å²) in [4.78, 5) is 20.4. The second kappa shape index (κ2) is 4.80. The summed E-state index contributed by atoms with van der Waals surface area (Å²) in [7, 11) is 1.05. The van der Waals surface area contributed by atoms with Crippen molar-refractivity contribution in [2.45, 2.75) is 6.18 Å². The Morgan fingerprint density at radius 3 is 2.15 bits per heavy atom. The van der Waals surface area contributed by atoms with Crippen molar-refractivity contribution in [3.8, 4) is 0 Å². The standard InChI is InChI=1S/C6H7F3O4/c1-12-5(11)3-13-2-4(10)6(7,8)9/h2-3H2,1H3. The smallest absolute Gasteiger partial charge is 0.452 e. The fourth-order valence-electron chi connectivity index (χ4n) is 0.368. The highest BCUT2D eigenvalue weighted by Gasteiger charge is 2.38. The number of methoxy groups -OCH3 is 1. The zero-order valence-corrected chi connectivity index (χ0v) is 6.68. The van der Waals surface area contributed by atoms with Crippen LogP contribution in [0.2, 0.25) is 0 Å². The molecule has 0 N–H and O–H groups in total. The zero-order chi connectivity index (χ0) is 10.5. The minimum Gasteiger partial charge on any atom is -0.467 e. The van der Waals surface area contributed by atoms with Gasteiger partial charge in [-0.15, -0.1) is 0 Å². The van der Waals surface area contributed by atoms with E-state index >= 15 is 0 Å². The van der Waals surface area contributed by atoms with Crippen LogP contribution in [0.3, 0.4) is 0 Å². The predicted molar refractivity (Wildman–Crippen MR) is 33.9 cm³/mol. The van der Waals surface area contributed by atoms with Gasteiger partial charge in [-0.1, -0.05) is 0 Å². The highest BCUT2D eigenvalue weighted by Crippen LogP contribution is 2.15. The van der Waals surface area contributed by atoms with Crippen molar-refractivity contribution in [1.82, 2.24) is 0 Å². The summed E-state index contributed by atoms with van der Waals surface area (Å²) in [6, 6.07) is 0. The van der Waals surface area contributed by atoms with Gasteiger partial charge in [-0.3, -0.25) is 4.79 Å². The third kappa shape index (κ3) is 5.18. The van der Waals surface area contributed by atoms with E-state index in [9.17, 15) is 22.8 Å². The number of Topliss-reactive ketones (excluding diaryl/α,β-unsaturated/α-hetero) is 1. The molecule has 0 aliphatic rings. The summed E-state index contributed by atoms with van der Waals surface area (Å²) in [5.74, 6) is -2.87. The molecule has 0 heterocycles. The van der Waals surface area contributed by atoms with E-state index in [2.05, 4.69) is 9.47 Å². The average Bonchev–Trinajstić information content (AvgIpc) is 2.02. The van der Waals surface area contributed by atoms with Crippen molar-refractivity contribution < 1.29 is 32.2 Å². The van der Waals surface area contributed by atoms with Gasteiger partial charge in [0.05, 0.1) is 7.11 Å². The maximum Gasteiger partial charge on any atom is 0.452 e. The van der Waals surface area contributed by atoms with E-state index < -0.39 is 31.1 Å². The number of ether oxygens (including phenoxy) is 2. The van der Waals surface area contributed by atoms with Crippen LogP contribution in [0, 0.1) is 0 Å². The van der Waals surface area contributed by atoms with Crippen molar-refractivity contribution >= 4 is 11.8 Å². The van der Waals surface area contributed by atoms with Crippen LogP contribution < -0.4 is 0 Å². The maximum atomic E-state index is 11.5. The lowest BCUT2D eigenvalue weighted by Gasteiger charge is -2.04. The number of rotatable bonds is 4. The second-order valence-electron chi connectivity index (χ2n) is 1.99. The topological polar surface area (TPSA) is 52.6 Å². The first-order chi connectivity index (χ1) is 5.88. The van der Waals surface area contributed by atoms with Crippen LogP contribution in [0.1, 0.15) is 0 Å². The third-order valence-electron chi connectivity index (χ3n) is 0.997. The average molecular weight is 200 g/mol. The van der Waals surface area contributed by atoms with Crippen molar-refractivity contribution in [1.29, 1.82) is 0 Å². The van der Waals surface area contributed by atoms with Crippen LogP contribution in [0.4, 0.5) is 13.2 Å². The van der Waals surface area contributed by atoms with Gasteiger partial charge < -0.3 is 9.47 Å². The van der Waals surface area contributed by atoms with Gasteiger partial charge in [0.2, 0.25) is 0 Å². The Balaban J connectivity index is 3.67. The lowest BCUT2D eigenvalue weighted by atomic mass is 10.4. The first-order valence-electron chi connectivity index (χ1n) is 3.12. The van der Waals surface area contributed by atoms with Gasteiger partial charge >= 0.3 is 12.1 Å². The van der Waals surface area contributed by atoms with Crippen molar-refractivity contribution in [3.63, 3.8) is 0 Å². The molecule has 76 valence electrons. The van der Waals surface area contributed by atoms with Crippen molar-refractivity contribution in [2.75, 3.05) is 20.3 Å². The third-order valence-corrected chi connectivity index (χ3v) is 0.997. The number of ketones is 1. The quantitative estimate of drug-likeness (QED) is 0.613. The van der Waals surface area contributed by atoms with Crippen LogP contribution in [0.5, 0.6) is 0 Å². The monoisotopic (exact) mass is 200 g/mol. The van der Waals surface area contributed by atoms with Gasteiger partial charge in [-0.2, -0.15) is 13.2 Å². The van der Waals surface area contributed by atoms with E-state index in [0.717, 1.165) is 7.11 Å². The Hall–Kier alpha value is -1.11. The SMILES string of the molecule is COC(=O)COCC(=O)C(F)(F)F. The molecule has 0 atom stereocenters. The summed E-state index contributed by atoms with van der Waals surface area (Å²) in [6.07, 6.45) is -4.92. The molecule has 0 aliphatic heterocycles. The predicted octanol–water partition coefficient (Wildman–Crippen LogP) is 0.307. The number of alkyl halides is 3. The molecule has 0 aromatic heterocycles. The van der Waals surface area contributed by atoms with E-state index in [1.54, 1.807) is 0 Å². The highest BCUT2D eigenvalue weighted by molar-refractivity contribution is 5.85. The van der Waals surface area contributed by atoms with Crippen molar-refractivity contribution in [3.05, 3.63) is 0 Å². The highest BCUT2D eigenvalue weighted by atomic mass is 19.4. The number of esters is 1. The van der Waals surface area contributed by atoms with Gasteiger partial charge in [-0.05, 0) is 0 Å². The molecule has 0 saturated heterocycles. The van der Waals surface area contributed by atoms with E-state index in [1.807, 2.05) is 0 Å². The minimum absolute atomic E-state index is 0.668. The number of hydrogen-bond donors (Lipinski definition) is 0. The van der Waals surface area contributed by atoms with Crippen LogP contribution in [-0.2, 0) is 19.1 Å². The largest absolute Gasteiger partial charge is 0.467 e. The first kappa shape index (κ1) is 11.9. The summed E-state index contributed by atoms with van der Waals surface area (Å²) in [6.45, 7) is -1.84. The van der Waals surface area contributed by atoms with Crippen LogP contribution in [0.15, 0.2) is 0 Å². The van der Waals surface area contributed by atoms with Crippen LogP contribution in [0.25, 0.3) is 0 Å². The zero-order valence-electron chi connectivity index (χ0n) is 6.68. The first-order valence-corrected chi connectivity index (χ1v) is 3.12. The van der Waals surface area contributed by atoms with Gasteiger partial charge in [0, 0.05) is 0 Å². The molecular weight excluding hydrogens is 193 g/mol. The molecule has 0 radical (unpaired) electrons. The molecular formula is C6H7F3O4. The van der Waals surface area contributed by atoms with E-state index in [-0.39, 0.29) is 0 Å². The molecule has 13 heavy (non-hydrogen) atoms. The molecule has 0 fully saturated rings. The molecule has 0 amide bonds. The molecule has 0 bridgehead atoms. The number of carbonyl (C=O) groups excluding carboxylic acids is 2. The van der Waals surface area contributed by atoms with Crippen molar-refractivity contribution in [2.24, 2.45) is 0 Å². The number of hydrogen-bond acceptors (Lipinski definition) is 4. The Labute approximate surface area is 71.6 Å². The summed E-state index contributed by atoms with van der Waals surface area (Å²) in [5.41, 5.74) is 0. The lowest BCUT2D eigenvalue weighted by Crippen LogP contribution is -2.28. The molecule has 0 rings (SSSR count). The molecule has 4 nitrogen and oxygen atoms in total. The normalized spacial score (nSPS) is 11.1. The van der Waals surface area contributed by atoms with E-state index in [4.69, 9.17) is 0 Å². The lowest BCUT2D eigenvalue weighted by molar-refractivity contribution is -0.176. The van der Waals surface area contributed by atoms with Crippen LogP contribution >= 0.6 is 0 Å². The summed E-state index contributed by atoms with van der Waals surface area (Å²) in [5, 5.41) is 0. The molecule has 0 unspecified atom stereocenters. The molecule has 0 aromatic rings. The van der Waals surface area contributed by atoms with Gasteiger partial charge in [0.25, 0.3) is 5.78 Å². The maximum absolute atomic E-state index is 11.5. The summed E-state index contributed by atoms with van der Waals surface area (Å²) < 4.78 is 42.7. The molecule has 0 saturated carbocycles. The second-order valence-corrected chi connectivity index (χ2v) is 1.99. The minimum atomic E-state index is -4.92. The molecule has 0 aromatic carbocycles. The molecule has 0 aliphatic carbocycles. The summed E-state index contributed by atoms with van der Waals surface area (Å²) >= 11 is 0. The van der Waals surface area contributed by atoms with Gasteiger partial charge in [-0.25, -0.2) is 4.79 Å². The Morgan fingerprint density at radius 1 is 1.23 bits per heavy atom. The fraction of sp³-hybridized carbons (Fsp3) is 0.667. The number of halogens is 3. The van der Waals surface area contributed by atoms with E-state index in [1.165, 1.54) is 0 Å². The Bertz CT molecular complexity index is 199. The fourth-order valence-corrected chi connectivity index (χ4v) is 0.368. The van der Waals surface area contributed by atoms with Crippen LogP contribution in [-0.4, -0.2) is 38.3 Å². The Kier molecular flexibility index (Phi) is 4.39.